The van der Waals surface area contributed by atoms with Gasteiger partial charge in [0, 0.05) is 0 Å². The Morgan fingerprint density at radius 2 is 1.42 bits per heavy atom. The maximum atomic E-state index is 10.4. The smallest absolute Gasteiger partial charge is 0.108 e. The summed E-state index contributed by atoms with van der Waals surface area (Å²) in [6, 6.07) is 20.1. The summed E-state index contributed by atoms with van der Waals surface area (Å²) in [5, 5.41) is 10.4. The van der Waals surface area contributed by atoms with E-state index in [9.17, 15) is 5.26 Å². The number of nitrogens with zero attached hydrogens (tertiary/aromatic N) is 1. The molecule has 2 aromatic rings. The first-order valence-corrected chi connectivity index (χ1v) is 10.2. The fourth-order valence-electron chi connectivity index (χ4n) is 5.07. The number of aryl methyl sites for hydroxylation is 2. The molecule has 26 heavy (non-hydrogen) atoms. The molecule has 0 atom stereocenters. The van der Waals surface area contributed by atoms with Crippen molar-refractivity contribution in [3.05, 3.63) is 70.8 Å². The summed E-state index contributed by atoms with van der Waals surface area (Å²) in [4.78, 5) is 1.74. The average molecular weight is 346 g/mol. The third-order valence-electron chi connectivity index (χ3n) is 6.45. The van der Waals surface area contributed by atoms with Crippen molar-refractivity contribution in [3.8, 4) is 6.07 Å². The second kappa shape index (κ2) is 7.64. The highest BCUT2D eigenvalue weighted by atomic mass is 15.1. The van der Waals surface area contributed by atoms with E-state index in [4.69, 9.17) is 0 Å². The van der Waals surface area contributed by atoms with Crippen LogP contribution >= 0.6 is 0 Å². The van der Waals surface area contributed by atoms with Crippen molar-refractivity contribution in [1.82, 2.24) is 0 Å². The van der Waals surface area contributed by atoms with Gasteiger partial charge in [0.2, 0.25) is 0 Å². The van der Waals surface area contributed by atoms with Gasteiger partial charge < -0.3 is 4.90 Å². The van der Waals surface area contributed by atoms with Crippen LogP contribution in [-0.2, 0) is 18.3 Å². The van der Waals surface area contributed by atoms with Crippen molar-refractivity contribution in [2.24, 2.45) is 0 Å². The van der Waals surface area contributed by atoms with Crippen LogP contribution in [0.3, 0.4) is 0 Å². The number of nitriles is 1. The molecule has 2 nitrogen and oxygen atoms in total. The Morgan fingerprint density at radius 3 is 2.00 bits per heavy atom. The fraction of sp³-hybridized carbons (Fsp3) is 0.458. The van der Waals surface area contributed by atoms with Gasteiger partial charge in [-0.1, -0.05) is 48.5 Å². The Morgan fingerprint density at radius 1 is 0.846 bits per heavy atom. The summed E-state index contributed by atoms with van der Waals surface area (Å²) in [6.07, 6.45) is 8.25. The first-order chi connectivity index (χ1) is 12.8. The molecule has 0 amide bonds. The molecule has 134 valence electrons. The molecule has 1 fully saturated rings. The lowest BCUT2D eigenvalue weighted by atomic mass is 9.70. The van der Waals surface area contributed by atoms with Crippen LogP contribution in [0.4, 0.5) is 0 Å². The van der Waals surface area contributed by atoms with E-state index < -0.39 is 5.41 Å². The molecule has 1 N–H and O–H groups in total. The van der Waals surface area contributed by atoms with Gasteiger partial charge in [-0.2, -0.15) is 5.26 Å². The Hall–Kier alpha value is -2.11. The van der Waals surface area contributed by atoms with Gasteiger partial charge in [0.05, 0.1) is 25.7 Å². The fourth-order valence-corrected chi connectivity index (χ4v) is 5.07. The van der Waals surface area contributed by atoms with Crippen molar-refractivity contribution in [2.45, 2.75) is 50.4 Å². The molecule has 0 radical (unpaired) electrons. The number of hydrogen-bond donors (Lipinski definition) is 1. The van der Waals surface area contributed by atoms with E-state index in [2.05, 4.69) is 54.6 Å². The summed E-state index contributed by atoms with van der Waals surface area (Å²) >= 11 is 0. The van der Waals surface area contributed by atoms with Crippen LogP contribution in [0.2, 0.25) is 0 Å². The van der Waals surface area contributed by atoms with Gasteiger partial charge in [-0.15, -0.1) is 0 Å². The van der Waals surface area contributed by atoms with Gasteiger partial charge in [0.25, 0.3) is 0 Å². The van der Waals surface area contributed by atoms with Crippen molar-refractivity contribution in [3.63, 3.8) is 0 Å². The molecule has 2 aliphatic rings. The molecule has 1 heterocycles. The van der Waals surface area contributed by atoms with Crippen LogP contribution in [0.15, 0.2) is 48.5 Å². The van der Waals surface area contributed by atoms with Crippen LogP contribution in [-0.4, -0.2) is 19.6 Å². The molecule has 4 rings (SSSR count). The summed E-state index contributed by atoms with van der Waals surface area (Å²) in [5.74, 6) is 0. The summed E-state index contributed by atoms with van der Waals surface area (Å²) in [6.45, 7) is 3.83. The zero-order chi connectivity index (χ0) is 17.8. The van der Waals surface area contributed by atoms with Crippen LogP contribution in [0, 0.1) is 11.3 Å². The summed E-state index contributed by atoms with van der Waals surface area (Å²) in [7, 11) is 0. The highest BCUT2D eigenvalue weighted by Gasteiger charge is 2.39. The van der Waals surface area contributed by atoms with Gasteiger partial charge in [-0.3, -0.25) is 0 Å². The molecular formula is C24H29N2+. The van der Waals surface area contributed by atoms with Crippen LogP contribution in [0.25, 0.3) is 0 Å². The molecule has 1 aliphatic heterocycles. The van der Waals surface area contributed by atoms with E-state index in [1.54, 1.807) is 4.90 Å². The normalized spacial score (nSPS) is 19.0. The van der Waals surface area contributed by atoms with Gasteiger partial charge in [-0.05, 0) is 67.2 Å². The molecule has 0 bridgehead atoms. The number of likely N-dealkylation sites (tertiary alicyclic amines) is 1. The minimum atomic E-state index is -0.487. The van der Waals surface area contributed by atoms with Gasteiger partial charge >= 0.3 is 0 Å². The van der Waals surface area contributed by atoms with E-state index in [1.807, 2.05) is 0 Å². The number of benzene rings is 2. The van der Waals surface area contributed by atoms with E-state index in [1.165, 1.54) is 61.2 Å². The predicted molar refractivity (Wildman–Crippen MR) is 105 cm³/mol. The van der Waals surface area contributed by atoms with Crippen LogP contribution in [0.5, 0.6) is 0 Å². The molecule has 0 saturated carbocycles. The first-order valence-electron chi connectivity index (χ1n) is 10.2. The third-order valence-corrected chi connectivity index (χ3v) is 6.45. The topological polar surface area (TPSA) is 28.2 Å². The molecular weight excluding hydrogens is 316 g/mol. The second-order valence-electron chi connectivity index (χ2n) is 8.00. The van der Waals surface area contributed by atoms with Crippen LogP contribution < -0.4 is 4.90 Å². The Kier molecular flexibility index (Phi) is 5.09. The highest BCUT2D eigenvalue weighted by Crippen LogP contribution is 2.42. The minimum Gasteiger partial charge on any atom is -0.335 e. The Balaban J connectivity index is 1.67. The number of nitrogens with one attached hydrogen (secondary N) is 1. The lowest BCUT2D eigenvalue weighted by Crippen LogP contribution is -3.12. The number of fused-ring (bicyclic) bond motifs is 2. The van der Waals surface area contributed by atoms with Gasteiger partial charge in [0.15, 0.2) is 0 Å². The maximum Gasteiger partial charge on any atom is 0.108 e. The van der Waals surface area contributed by atoms with E-state index in [0.717, 1.165) is 25.7 Å². The summed E-state index contributed by atoms with van der Waals surface area (Å²) in [5.41, 5.74) is 4.73. The van der Waals surface area contributed by atoms with E-state index in [-0.39, 0.29) is 0 Å². The Labute approximate surface area is 157 Å². The molecule has 1 aliphatic carbocycles. The van der Waals surface area contributed by atoms with Crippen LogP contribution in [0.1, 0.15) is 54.4 Å². The zero-order valence-electron chi connectivity index (χ0n) is 15.6. The van der Waals surface area contributed by atoms with Gasteiger partial charge in [0.1, 0.15) is 5.41 Å². The monoisotopic (exact) mass is 345 g/mol. The predicted octanol–water partition coefficient (Wildman–Crippen LogP) is 3.44. The van der Waals surface area contributed by atoms with Gasteiger partial charge in [-0.25, -0.2) is 0 Å². The Bertz CT molecular complexity index is 748. The zero-order valence-corrected chi connectivity index (χ0v) is 15.6. The van der Waals surface area contributed by atoms with Crippen molar-refractivity contribution in [1.29, 1.82) is 5.26 Å². The third kappa shape index (κ3) is 3.17. The number of quaternary nitrogens is 1. The maximum absolute atomic E-state index is 10.4. The number of piperidine rings is 1. The van der Waals surface area contributed by atoms with Crippen molar-refractivity contribution in [2.75, 3.05) is 19.6 Å². The SMILES string of the molecule is N#CC1(CCC[NH+]2CCCCC2)c2ccccc2CCc2ccccc21. The molecule has 2 aromatic carbocycles. The standard InChI is InChI=1S/C24H28N2/c25-19-24(15-8-18-26-16-6-1-7-17-26)22-11-4-2-9-20(22)13-14-21-10-3-5-12-23(21)24/h2-5,9-12H,1,6-8,13-18H2/p+1. The summed E-state index contributed by atoms with van der Waals surface area (Å²) < 4.78 is 0. The van der Waals surface area contributed by atoms with Crippen molar-refractivity contribution < 1.29 is 4.90 Å². The molecule has 0 aromatic heterocycles. The van der Waals surface area contributed by atoms with Crippen molar-refractivity contribution >= 4 is 0 Å². The molecule has 2 heteroatoms. The lowest BCUT2D eigenvalue weighted by molar-refractivity contribution is -0.905. The first kappa shape index (κ1) is 17.3. The molecule has 1 saturated heterocycles. The lowest BCUT2D eigenvalue weighted by Gasteiger charge is -2.31. The second-order valence-corrected chi connectivity index (χ2v) is 8.00. The number of rotatable bonds is 4. The minimum absolute atomic E-state index is 0.487. The van der Waals surface area contributed by atoms with E-state index in [0.29, 0.717) is 0 Å². The largest absolute Gasteiger partial charge is 0.335 e. The molecule has 0 spiro atoms. The highest BCUT2D eigenvalue weighted by molar-refractivity contribution is 5.54. The molecule has 0 unspecified atom stereocenters. The quantitative estimate of drug-likeness (QED) is 0.903. The number of hydrogen-bond acceptors (Lipinski definition) is 1. The van der Waals surface area contributed by atoms with E-state index >= 15 is 0 Å². The average Bonchev–Trinajstić information content (AvgIpc) is 2.85.